The van der Waals surface area contributed by atoms with Crippen LogP contribution in [0, 0.1) is 0 Å². The predicted octanol–water partition coefficient (Wildman–Crippen LogP) is -5.22. The molecule has 9 aromatic rings. The molecule has 0 bridgehead atoms. The first kappa shape index (κ1) is 41.8. The van der Waals surface area contributed by atoms with Gasteiger partial charge in [-0.1, -0.05) is 129 Å². The van der Waals surface area contributed by atoms with Crippen LogP contribution in [0.3, 0.4) is 0 Å². The quantitative estimate of drug-likeness (QED) is 0.166. The molecule has 0 N–H and O–H groups in total. The Morgan fingerprint density at radius 2 is 0.597 bits per heavy atom. The Labute approximate surface area is 379 Å². The van der Waals surface area contributed by atoms with Gasteiger partial charge in [0.2, 0.25) is 0 Å². The summed E-state index contributed by atoms with van der Waals surface area (Å²) in [5.41, 5.74) is 4.90. The van der Waals surface area contributed by atoms with E-state index in [0.29, 0.717) is 5.56 Å². The molecule has 0 amide bonds. The van der Waals surface area contributed by atoms with Gasteiger partial charge in [-0.15, -0.1) is 32.8 Å². The summed E-state index contributed by atoms with van der Waals surface area (Å²) in [4.78, 5) is 15.0. The average Bonchev–Trinajstić information content (AvgIpc) is 3.29. The van der Waals surface area contributed by atoms with Gasteiger partial charge in [-0.2, -0.15) is 0 Å². The molecule has 3 nitrogen and oxygen atoms in total. The third-order valence-electron chi connectivity index (χ3n) is 11.6. The first-order chi connectivity index (χ1) is 29.6. The first-order valence-electron chi connectivity index (χ1n) is 19.1. The fraction of sp³-hybridized carbons (Fsp3) is 0. The van der Waals surface area contributed by atoms with Gasteiger partial charge in [0.25, 0.3) is 0 Å². The zero-order valence-electron chi connectivity index (χ0n) is 33.1. The van der Waals surface area contributed by atoms with Gasteiger partial charge in [-0.05, 0) is 60.6 Å². The topological polar surface area (TPSA) is 38.7 Å². The molecule has 0 fully saturated rings. The zero-order chi connectivity index (χ0) is 44.0. The highest BCUT2D eigenvalue weighted by atomic mass is 15.0. The fourth-order valence-electron chi connectivity index (χ4n) is 8.27. The number of benzene rings is 8. The van der Waals surface area contributed by atoms with Crippen molar-refractivity contribution in [3.8, 4) is 56.4 Å². The highest BCUT2D eigenvalue weighted by molar-refractivity contribution is 6.73. The molecule has 1 aromatic heterocycles. The maximum Gasteiger partial charge on any atom is 0.164 e. The van der Waals surface area contributed by atoms with Crippen molar-refractivity contribution >= 4 is 219 Å². The summed E-state index contributed by atoms with van der Waals surface area (Å²) in [5.74, 6) is 0.0961. The van der Waals surface area contributed by atoms with Gasteiger partial charge in [0.05, 0.1) is 0 Å². The van der Waals surface area contributed by atoms with Gasteiger partial charge < -0.3 is 0 Å². The second-order valence-electron chi connectivity index (χ2n) is 15.0. The Balaban J connectivity index is 1.38. The van der Waals surface area contributed by atoms with Crippen LogP contribution < -0.4 is 76.5 Å². The average molecular weight is 749 g/mol. The third kappa shape index (κ3) is 6.36. The zero-order valence-corrected chi connectivity index (χ0v) is 33.1. The molecule has 0 aliphatic carbocycles. The van der Waals surface area contributed by atoms with Crippen LogP contribution >= 0.6 is 0 Å². The summed E-state index contributed by atoms with van der Waals surface area (Å²) in [7, 11) is 91.8. The minimum absolute atomic E-state index is 0.00889. The van der Waals surface area contributed by atoms with Crippen LogP contribution in [-0.2, 0) is 0 Å². The summed E-state index contributed by atoms with van der Waals surface area (Å²) in [6, 6.07) is 30.3. The highest BCUT2D eigenvalue weighted by Gasteiger charge is 2.25. The second kappa shape index (κ2) is 15.7. The predicted molar refractivity (Wildman–Crippen MR) is 275 cm³/mol. The van der Waals surface area contributed by atoms with E-state index < -0.39 is 0 Å². The van der Waals surface area contributed by atoms with Crippen LogP contribution in [0.5, 0.6) is 0 Å². The van der Waals surface area contributed by atoms with Gasteiger partial charge in [0.15, 0.2) is 17.5 Å². The van der Waals surface area contributed by atoms with E-state index in [4.69, 9.17) is 125 Å². The summed E-state index contributed by atoms with van der Waals surface area (Å²) < 4.78 is 0. The van der Waals surface area contributed by atoms with Crippen molar-refractivity contribution in [2.24, 2.45) is 0 Å². The van der Waals surface area contributed by atoms with Crippen LogP contribution in [0.15, 0.2) is 91.0 Å². The maximum absolute atomic E-state index is 6.82. The summed E-state index contributed by atoms with van der Waals surface area (Å²) in [6.07, 6.45) is 0. The molecule has 0 saturated heterocycles. The number of fused-ring (bicyclic) bond motifs is 3. The lowest BCUT2D eigenvalue weighted by atomic mass is 9.59. The van der Waals surface area contributed by atoms with Crippen LogP contribution in [0.4, 0.5) is 0 Å². The molecule has 8 aromatic carbocycles. The van der Waals surface area contributed by atoms with E-state index >= 15 is 0 Å². The molecule has 0 aliphatic heterocycles. The number of rotatable bonds is 5. The van der Waals surface area contributed by atoms with Crippen LogP contribution in [0.25, 0.3) is 88.7 Å². The lowest BCUT2D eigenvalue weighted by Gasteiger charge is -2.26. The number of hydrogen-bond donors (Lipinski definition) is 0. The standard InChI is InChI=1S/C45H15B14N3/c46-29-23-25(33(50)41(58)39(29)56)31(48)37(54)35(52)27(23)44-60-43(61-45(62-44)28-24-26(32(49)38(55)36(28)53)34(51)42(59)40(57)30(24)47)18-10-6-9-17(15-18)20-14-13-19(16-7-2-1-3-8-16)21-11-4-5-12-22(20)21/h1-15H. The van der Waals surface area contributed by atoms with Crippen molar-refractivity contribution in [1.82, 2.24) is 15.0 Å². The second-order valence-corrected chi connectivity index (χ2v) is 15.0. The van der Waals surface area contributed by atoms with Crippen molar-refractivity contribution in [3.63, 3.8) is 0 Å². The van der Waals surface area contributed by atoms with Crippen LogP contribution in [0.2, 0.25) is 0 Å². The molecule has 0 unspecified atom stereocenters. The Hall–Kier alpha value is -5.54. The maximum atomic E-state index is 6.82. The summed E-state index contributed by atoms with van der Waals surface area (Å²) in [6.45, 7) is 0. The summed E-state index contributed by atoms with van der Waals surface area (Å²) in [5, 5.41) is 2.92. The van der Waals surface area contributed by atoms with Gasteiger partial charge in [0.1, 0.15) is 110 Å². The molecule has 62 heavy (non-hydrogen) atoms. The highest BCUT2D eigenvalue weighted by Crippen LogP contribution is 2.37. The Bertz CT molecular complexity index is 3260. The van der Waals surface area contributed by atoms with Gasteiger partial charge in [-0.3, -0.25) is 0 Å². The first-order valence-corrected chi connectivity index (χ1v) is 19.1. The molecule has 0 saturated carbocycles. The molecule has 252 valence electrons. The van der Waals surface area contributed by atoms with E-state index in [1.807, 2.05) is 54.6 Å². The van der Waals surface area contributed by atoms with Gasteiger partial charge in [-0.25, -0.2) is 15.0 Å². The van der Waals surface area contributed by atoms with E-state index in [1.165, 1.54) is 0 Å². The lowest BCUT2D eigenvalue weighted by Crippen LogP contribution is -2.52. The molecule has 17 heteroatoms. The molecular formula is C45H15B14N3. The summed E-state index contributed by atoms with van der Waals surface area (Å²) >= 11 is 0. The van der Waals surface area contributed by atoms with Crippen molar-refractivity contribution in [3.05, 3.63) is 91.0 Å². The SMILES string of the molecule is [B]c1c([B])c([B])c2c(-c3nc(-c4cccc(-c5ccc(-c6ccccc6)c6ccccc56)c4)nc(-c4c([B])c([B])c([B])c5c([B])c([B])c([B])c([B])c45)n3)c([B])c([B])c([B])c2c1[B]. The van der Waals surface area contributed by atoms with Crippen molar-refractivity contribution in [1.29, 1.82) is 0 Å². The van der Waals surface area contributed by atoms with E-state index in [1.54, 1.807) is 0 Å². The molecule has 9 rings (SSSR count). The normalized spacial score (nSPS) is 11.5. The molecule has 0 atom stereocenters. The van der Waals surface area contributed by atoms with Crippen LogP contribution in [0.1, 0.15) is 0 Å². The Morgan fingerprint density at radius 3 is 1.05 bits per heavy atom. The minimum atomic E-state index is -0.0320. The Morgan fingerprint density at radius 1 is 0.258 bits per heavy atom. The fourth-order valence-corrected chi connectivity index (χ4v) is 8.27. The third-order valence-corrected chi connectivity index (χ3v) is 11.6. The molecule has 28 radical (unpaired) electrons. The van der Waals surface area contributed by atoms with Crippen LogP contribution in [-0.4, -0.2) is 125 Å². The van der Waals surface area contributed by atoms with E-state index in [-0.39, 0.29) is 127 Å². The molecule has 0 spiro atoms. The monoisotopic (exact) mass is 751 g/mol. The lowest BCUT2D eigenvalue weighted by molar-refractivity contribution is 1.08. The number of aromatic nitrogens is 3. The smallest absolute Gasteiger partial charge is 0.164 e. The van der Waals surface area contributed by atoms with Crippen molar-refractivity contribution < 1.29 is 0 Å². The molecule has 0 aliphatic rings. The van der Waals surface area contributed by atoms with Gasteiger partial charge in [0, 0.05) is 16.7 Å². The minimum Gasteiger partial charge on any atom is -0.208 e. The largest absolute Gasteiger partial charge is 0.208 e. The number of hydrogen-bond acceptors (Lipinski definition) is 3. The van der Waals surface area contributed by atoms with E-state index in [2.05, 4.69) is 36.4 Å². The molecule has 1 heterocycles. The van der Waals surface area contributed by atoms with E-state index in [9.17, 15) is 0 Å². The van der Waals surface area contributed by atoms with Crippen molar-refractivity contribution in [2.45, 2.75) is 0 Å². The Kier molecular flexibility index (Phi) is 10.6. The number of nitrogens with zero attached hydrogens (tertiary/aromatic N) is 3. The van der Waals surface area contributed by atoms with E-state index in [0.717, 1.165) is 33.0 Å². The van der Waals surface area contributed by atoms with Crippen molar-refractivity contribution in [2.75, 3.05) is 0 Å². The molecular weight excluding hydrogens is 734 g/mol. The van der Waals surface area contributed by atoms with Gasteiger partial charge >= 0.3 is 0 Å².